The number of fused-ring (bicyclic) bond motifs is 2. The maximum Gasteiger partial charge on any atom is 0.195 e. The zero-order valence-electron chi connectivity index (χ0n) is 9.98. The van der Waals surface area contributed by atoms with Crippen LogP contribution in [0.1, 0.15) is 21.5 Å². The fraction of sp³-hybridized carbons (Fsp3) is 0.133. The Morgan fingerprint density at radius 2 is 1.89 bits per heavy atom. The van der Waals surface area contributed by atoms with E-state index >= 15 is 0 Å². The minimum absolute atomic E-state index is 0.0709. The Balaban J connectivity index is 2.25. The van der Waals surface area contributed by atoms with E-state index in [4.69, 9.17) is 11.6 Å². The summed E-state index contributed by atoms with van der Waals surface area (Å²) >= 11 is 6.01. The number of anilines is 1. The van der Waals surface area contributed by atoms with Gasteiger partial charge in [-0.25, -0.2) is 0 Å². The lowest BCUT2D eigenvalue weighted by Gasteiger charge is -2.18. The van der Waals surface area contributed by atoms with Crippen LogP contribution in [-0.4, -0.2) is 12.8 Å². The molecule has 0 fully saturated rings. The van der Waals surface area contributed by atoms with Gasteiger partial charge in [0.1, 0.15) is 0 Å². The van der Waals surface area contributed by atoms with Gasteiger partial charge < -0.3 is 4.90 Å². The molecule has 90 valence electrons. The summed E-state index contributed by atoms with van der Waals surface area (Å²) < 4.78 is 0. The van der Waals surface area contributed by atoms with Crippen molar-refractivity contribution in [1.29, 1.82) is 0 Å². The topological polar surface area (TPSA) is 20.3 Å². The molecule has 0 aromatic heterocycles. The molecule has 2 nitrogen and oxygen atoms in total. The van der Waals surface area contributed by atoms with Crippen LogP contribution in [0.3, 0.4) is 0 Å². The third kappa shape index (κ3) is 1.70. The van der Waals surface area contributed by atoms with Crippen molar-refractivity contribution < 1.29 is 4.79 Å². The van der Waals surface area contributed by atoms with E-state index in [9.17, 15) is 4.79 Å². The molecule has 2 aromatic carbocycles. The average molecular weight is 258 g/mol. The number of hydrogen-bond donors (Lipinski definition) is 0. The summed E-state index contributed by atoms with van der Waals surface area (Å²) in [6.45, 7) is 0.693. The lowest BCUT2D eigenvalue weighted by atomic mass is 9.99. The highest BCUT2D eigenvalue weighted by atomic mass is 35.5. The minimum atomic E-state index is 0.0709. The molecule has 0 amide bonds. The van der Waals surface area contributed by atoms with Crippen LogP contribution in [0.2, 0.25) is 5.02 Å². The van der Waals surface area contributed by atoms with Crippen molar-refractivity contribution >= 4 is 23.1 Å². The molecule has 1 aliphatic rings. The van der Waals surface area contributed by atoms with E-state index in [2.05, 4.69) is 4.90 Å². The van der Waals surface area contributed by atoms with Crippen LogP contribution in [0.25, 0.3) is 0 Å². The number of benzene rings is 2. The van der Waals surface area contributed by atoms with Gasteiger partial charge in [0.2, 0.25) is 0 Å². The number of carbonyl (C=O) groups excluding carboxylic acids is 1. The second-order valence-corrected chi connectivity index (χ2v) is 4.94. The average Bonchev–Trinajstić information content (AvgIpc) is 2.47. The molecule has 0 unspecified atom stereocenters. The monoisotopic (exact) mass is 257 g/mol. The Morgan fingerprint density at radius 3 is 2.72 bits per heavy atom. The van der Waals surface area contributed by atoms with Crippen molar-refractivity contribution in [2.75, 3.05) is 11.9 Å². The SMILES string of the molecule is CN1Cc2cc(Cl)ccc2C(=O)c2ccccc21. The number of halogens is 1. The van der Waals surface area contributed by atoms with E-state index in [1.807, 2.05) is 43.4 Å². The van der Waals surface area contributed by atoms with Crippen LogP contribution in [-0.2, 0) is 6.54 Å². The van der Waals surface area contributed by atoms with Crippen LogP contribution in [0.5, 0.6) is 0 Å². The standard InChI is InChI=1S/C15H12ClNO/c1-17-9-10-8-11(16)6-7-12(10)15(18)13-4-2-3-5-14(13)17/h2-8H,9H2,1H3. The highest BCUT2D eigenvalue weighted by molar-refractivity contribution is 6.31. The lowest BCUT2D eigenvalue weighted by Crippen LogP contribution is -2.16. The van der Waals surface area contributed by atoms with Crippen molar-refractivity contribution in [3.05, 3.63) is 64.2 Å². The van der Waals surface area contributed by atoms with Crippen LogP contribution < -0.4 is 4.90 Å². The molecule has 0 saturated carbocycles. The first-order valence-corrected chi connectivity index (χ1v) is 6.18. The molecule has 1 aliphatic heterocycles. The van der Waals surface area contributed by atoms with Crippen LogP contribution >= 0.6 is 11.6 Å². The van der Waals surface area contributed by atoms with Crippen molar-refractivity contribution in [2.45, 2.75) is 6.54 Å². The fourth-order valence-corrected chi connectivity index (χ4v) is 2.59. The molecular weight excluding hydrogens is 246 g/mol. The number of rotatable bonds is 0. The molecule has 18 heavy (non-hydrogen) atoms. The van der Waals surface area contributed by atoms with Gasteiger partial charge >= 0.3 is 0 Å². The molecule has 0 N–H and O–H groups in total. The van der Waals surface area contributed by atoms with E-state index in [1.165, 1.54) is 0 Å². The zero-order valence-corrected chi connectivity index (χ0v) is 10.7. The van der Waals surface area contributed by atoms with Crippen molar-refractivity contribution in [3.8, 4) is 0 Å². The van der Waals surface area contributed by atoms with E-state index in [1.54, 1.807) is 6.07 Å². The summed E-state index contributed by atoms with van der Waals surface area (Å²) in [5, 5.41) is 0.668. The maximum atomic E-state index is 12.5. The van der Waals surface area contributed by atoms with Gasteiger partial charge in [0.15, 0.2) is 5.78 Å². The molecule has 3 rings (SSSR count). The summed E-state index contributed by atoms with van der Waals surface area (Å²) in [6.07, 6.45) is 0. The number of hydrogen-bond acceptors (Lipinski definition) is 2. The van der Waals surface area contributed by atoms with Crippen LogP contribution in [0.15, 0.2) is 42.5 Å². The quantitative estimate of drug-likeness (QED) is 0.720. The van der Waals surface area contributed by atoms with Crippen molar-refractivity contribution in [3.63, 3.8) is 0 Å². The summed E-state index contributed by atoms with van der Waals surface area (Å²) in [5.74, 6) is 0.0709. The van der Waals surface area contributed by atoms with Gasteiger partial charge in [-0.2, -0.15) is 0 Å². The van der Waals surface area contributed by atoms with Gasteiger partial charge in [-0.05, 0) is 35.9 Å². The van der Waals surface area contributed by atoms with E-state index in [-0.39, 0.29) is 5.78 Å². The predicted molar refractivity (Wildman–Crippen MR) is 73.4 cm³/mol. The van der Waals surface area contributed by atoms with Crippen molar-refractivity contribution in [1.82, 2.24) is 0 Å². The molecule has 0 saturated heterocycles. The Hall–Kier alpha value is -1.80. The van der Waals surface area contributed by atoms with Gasteiger partial charge in [-0.3, -0.25) is 4.79 Å². The predicted octanol–water partition coefficient (Wildman–Crippen LogP) is 3.52. The maximum absolute atomic E-state index is 12.5. The molecule has 2 aromatic rings. The van der Waals surface area contributed by atoms with Gasteiger partial charge in [0.05, 0.1) is 0 Å². The van der Waals surface area contributed by atoms with Crippen molar-refractivity contribution in [2.24, 2.45) is 0 Å². The second kappa shape index (κ2) is 4.14. The molecule has 0 bridgehead atoms. The zero-order chi connectivity index (χ0) is 12.7. The third-order valence-electron chi connectivity index (χ3n) is 3.28. The van der Waals surface area contributed by atoms with Gasteiger partial charge in [0, 0.05) is 35.4 Å². The molecule has 1 heterocycles. The summed E-state index contributed by atoms with van der Waals surface area (Å²) in [5.41, 5.74) is 3.44. The number of carbonyl (C=O) groups is 1. The Morgan fingerprint density at radius 1 is 1.11 bits per heavy atom. The molecule has 0 aliphatic carbocycles. The molecule has 0 radical (unpaired) electrons. The van der Waals surface area contributed by atoms with E-state index in [0.29, 0.717) is 11.6 Å². The third-order valence-corrected chi connectivity index (χ3v) is 3.51. The van der Waals surface area contributed by atoms with Crippen LogP contribution in [0, 0.1) is 0 Å². The van der Waals surface area contributed by atoms with Gasteiger partial charge in [-0.15, -0.1) is 0 Å². The first-order chi connectivity index (χ1) is 8.66. The van der Waals surface area contributed by atoms with E-state index in [0.717, 1.165) is 22.4 Å². The molecular formula is C15H12ClNO. The first kappa shape index (κ1) is 11.3. The fourth-order valence-electron chi connectivity index (χ4n) is 2.40. The number of para-hydroxylation sites is 1. The summed E-state index contributed by atoms with van der Waals surface area (Å²) in [4.78, 5) is 14.6. The van der Waals surface area contributed by atoms with Gasteiger partial charge in [-0.1, -0.05) is 23.7 Å². The second-order valence-electron chi connectivity index (χ2n) is 4.50. The largest absolute Gasteiger partial charge is 0.370 e. The molecule has 3 heteroatoms. The minimum Gasteiger partial charge on any atom is -0.370 e. The highest BCUT2D eigenvalue weighted by Gasteiger charge is 2.23. The smallest absolute Gasteiger partial charge is 0.195 e. The molecule has 0 spiro atoms. The molecule has 0 atom stereocenters. The summed E-state index contributed by atoms with van der Waals surface area (Å²) in [7, 11) is 1.99. The highest BCUT2D eigenvalue weighted by Crippen LogP contribution is 2.30. The Labute approximate surface area is 111 Å². The number of nitrogens with zero attached hydrogens (tertiary/aromatic N) is 1. The Kier molecular flexibility index (Phi) is 2.60. The first-order valence-electron chi connectivity index (χ1n) is 5.80. The Bertz CT molecular complexity index is 636. The normalized spacial score (nSPS) is 13.9. The number of ketones is 1. The lowest BCUT2D eigenvalue weighted by molar-refractivity contribution is 0.103. The van der Waals surface area contributed by atoms with Crippen LogP contribution in [0.4, 0.5) is 5.69 Å². The van der Waals surface area contributed by atoms with Gasteiger partial charge in [0.25, 0.3) is 0 Å². The summed E-state index contributed by atoms with van der Waals surface area (Å²) in [6, 6.07) is 13.1. The van der Waals surface area contributed by atoms with E-state index < -0.39 is 0 Å².